The Labute approximate surface area is 118 Å². The number of rotatable bonds is 8. The molecule has 0 radical (unpaired) electrons. The van der Waals surface area contributed by atoms with Gasteiger partial charge in [-0.2, -0.15) is 5.10 Å². The highest BCUT2D eigenvalue weighted by Crippen LogP contribution is 2.18. The van der Waals surface area contributed by atoms with Gasteiger partial charge in [-0.3, -0.25) is 4.68 Å². The molecule has 3 unspecified atom stereocenters. The number of likely N-dealkylation sites (N-methyl/N-ethyl adjacent to an activating group) is 1. The van der Waals surface area contributed by atoms with Gasteiger partial charge in [0.25, 0.3) is 0 Å². The number of aromatic nitrogens is 2. The van der Waals surface area contributed by atoms with Gasteiger partial charge in [0.2, 0.25) is 0 Å². The molecular weight excluding hydrogens is 234 g/mol. The van der Waals surface area contributed by atoms with Gasteiger partial charge in [0.1, 0.15) is 0 Å². The second kappa shape index (κ2) is 7.68. The zero-order valence-corrected chi connectivity index (χ0v) is 13.5. The summed E-state index contributed by atoms with van der Waals surface area (Å²) in [6.45, 7) is 14.6. The van der Waals surface area contributed by atoms with Crippen LogP contribution in [0, 0.1) is 11.8 Å². The molecule has 0 saturated carbocycles. The number of nitrogens with zero attached hydrogens (tertiary/aromatic N) is 2. The van der Waals surface area contributed by atoms with E-state index in [0.717, 1.165) is 19.4 Å². The van der Waals surface area contributed by atoms with Gasteiger partial charge in [-0.25, -0.2) is 0 Å². The summed E-state index contributed by atoms with van der Waals surface area (Å²) < 4.78 is 2.10. The van der Waals surface area contributed by atoms with Crippen molar-refractivity contribution in [3.8, 4) is 0 Å². The smallest absolute Gasteiger partial charge is 0.0640 e. The van der Waals surface area contributed by atoms with Crippen LogP contribution in [-0.2, 0) is 6.42 Å². The Morgan fingerprint density at radius 3 is 2.42 bits per heavy atom. The van der Waals surface area contributed by atoms with Crippen LogP contribution in [0.3, 0.4) is 0 Å². The van der Waals surface area contributed by atoms with Gasteiger partial charge < -0.3 is 5.32 Å². The van der Waals surface area contributed by atoms with Crippen LogP contribution >= 0.6 is 0 Å². The molecule has 0 fully saturated rings. The molecule has 19 heavy (non-hydrogen) atoms. The van der Waals surface area contributed by atoms with E-state index in [1.807, 2.05) is 0 Å². The van der Waals surface area contributed by atoms with Crippen molar-refractivity contribution in [1.82, 2.24) is 15.1 Å². The highest BCUT2D eigenvalue weighted by molar-refractivity contribution is 5.03. The van der Waals surface area contributed by atoms with Gasteiger partial charge >= 0.3 is 0 Å². The molecule has 3 heteroatoms. The van der Waals surface area contributed by atoms with Gasteiger partial charge in [-0.1, -0.05) is 34.6 Å². The summed E-state index contributed by atoms with van der Waals surface area (Å²) >= 11 is 0. The summed E-state index contributed by atoms with van der Waals surface area (Å²) in [5.74, 6) is 1.36. The van der Waals surface area contributed by atoms with E-state index < -0.39 is 0 Å². The molecule has 0 aliphatic carbocycles. The number of hydrogen-bond donors (Lipinski definition) is 1. The van der Waals surface area contributed by atoms with Crippen molar-refractivity contribution >= 4 is 0 Å². The molecule has 0 aliphatic rings. The molecule has 0 saturated heterocycles. The first-order valence-electron chi connectivity index (χ1n) is 7.76. The van der Waals surface area contributed by atoms with Crippen LogP contribution in [0.5, 0.6) is 0 Å². The third kappa shape index (κ3) is 4.64. The maximum Gasteiger partial charge on any atom is 0.0640 e. The molecule has 1 rings (SSSR count). The number of nitrogens with one attached hydrogen (secondary N) is 1. The molecule has 1 aromatic rings. The average Bonchev–Trinajstić information content (AvgIpc) is 2.84. The van der Waals surface area contributed by atoms with Gasteiger partial charge in [0.15, 0.2) is 0 Å². The third-order valence-electron chi connectivity index (χ3n) is 4.29. The largest absolute Gasteiger partial charge is 0.314 e. The Hall–Kier alpha value is -0.830. The molecular formula is C16H31N3. The Kier molecular flexibility index (Phi) is 6.56. The lowest BCUT2D eigenvalue weighted by Gasteiger charge is -2.27. The zero-order valence-electron chi connectivity index (χ0n) is 13.5. The van der Waals surface area contributed by atoms with Crippen molar-refractivity contribution in [1.29, 1.82) is 0 Å². The first-order valence-corrected chi connectivity index (χ1v) is 7.76. The molecule has 0 amide bonds. The van der Waals surface area contributed by atoms with Crippen molar-refractivity contribution < 1.29 is 0 Å². The van der Waals surface area contributed by atoms with Gasteiger partial charge in [-0.15, -0.1) is 0 Å². The number of hydrogen-bond acceptors (Lipinski definition) is 2. The minimum absolute atomic E-state index is 0.494. The van der Waals surface area contributed by atoms with Gasteiger partial charge in [0, 0.05) is 24.7 Å². The van der Waals surface area contributed by atoms with Crippen molar-refractivity contribution in [3.63, 3.8) is 0 Å². The monoisotopic (exact) mass is 265 g/mol. The normalized spacial score (nSPS) is 16.6. The van der Waals surface area contributed by atoms with E-state index in [0.29, 0.717) is 23.9 Å². The average molecular weight is 265 g/mol. The predicted octanol–water partition coefficient (Wildman–Crippen LogP) is 3.67. The van der Waals surface area contributed by atoms with Crippen LogP contribution < -0.4 is 5.32 Å². The molecule has 0 spiro atoms. The second-order valence-corrected chi connectivity index (χ2v) is 6.02. The Morgan fingerprint density at radius 2 is 1.89 bits per heavy atom. The molecule has 1 N–H and O–H groups in total. The third-order valence-corrected chi connectivity index (χ3v) is 4.29. The first-order chi connectivity index (χ1) is 8.99. The van der Waals surface area contributed by atoms with E-state index >= 15 is 0 Å². The molecule has 1 heterocycles. The first kappa shape index (κ1) is 16.2. The van der Waals surface area contributed by atoms with Crippen LogP contribution in [-0.4, -0.2) is 22.4 Å². The lowest BCUT2D eigenvalue weighted by atomic mass is 9.87. The van der Waals surface area contributed by atoms with E-state index in [4.69, 9.17) is 5.10 Å². The van der Waals surface area contributed by atoms with Crippen LogP contribution in [0.2, 0.25) is 0 Å². The Morgan fingerprint density at radius 1 is 1.21 bits per heavy atom. The van der Waals surface area contributed by atoms with Gasteiger partial charge in [-0.05, 0) is 37.8 Å². The lowest BCUT2D eigenvalue weighted by molar-refractivity contribution is 0.298. The van der Waals surface area contributed by atoms with Crippen molar-refractivity contribution in [2.24, 2.45) is 11.8 Å². The summed E-state index contributed by atoms with van der Waals surface area (Å²) in [6.07, 6.45) is 4.27. The summed E-state index contributed by atoms with van der Waals surface area (Å²) in [6, 6.07) is 3.18. The minimum atomic E-state index is 0.494. The van der Waals surface area contributed by atoms with E-state index in [-0.39, 0.29) is 0 Å². The molecule has 110 valence electrons. The molecule has 3 nitrogen and oxygen atoms in total. The predicted molar refractivity (Wildman–Crippen MR) is 82.4 cm³/mol. The summed E-state index contributed by atoms with van der Waals surface area (Å²) in [7, 11) is 0. The van der Waals surface area contributed by atoms with Crippen molar-refractivity contribution in [3.05, 3.63) is 18.0 Å². The van der Waals surface area contributed by atoms with Crippen molar-refractivity contribution in [2.75, 3.05) is 6.54 Å². The fourth-order valence-corrected chi connectivity index (χ4v) is 2.31. The zero-order chi connectivity index (χ0) is 14.4. The Bertz CT molecular complexity index is 357. The van der Waals surface area contributed by atoms with E-state index in [9.17, 15) is 0 Å². The second-order valence-electron chi connectivity index (χ2n) is 6.02. The summed E-state index contributed by atoms with van der Waals surface area (Å²) in [5.41, 5.74) is 1.21. The fourth-order valence-electron chi connectivity index (χ4n) is 2.31. The quantitative estimate of drug-likeness (QED) is 0.777. The summed E-state index contributed by atoms with van der Waals surface area (Å²) in [4.78, 5) is 0. The van der Waals surface area contributed by atoms with Crippen LogP contribution in [0.15, 0.2) is 12.3 Å². The maximum absolute atomic E-state index is 4.72. The molecule has 0 aliphatic heterocycles. The van der Waals surface area contributed by atoms with Crippen LogP contribution in [0.4, 0.5) is 0 Å². The highest BCUT2D eigenvalue weighted by atomic mass is 15.3. The fraction of sp³-hybridized carbons (Fsp3) is 0.812. The van der Waals surface area contributed by atoms with Crippen LogP contribution in [0.1, 0.15) is 59.7 Å². The SMILES string of the molecule is CCNC(Cc1ccn(C(C)CC)n1)C(C)C(C)C. The molecule has 0 aromatic carbocycles. The van der Waals surface area contributed by atoms with Crippen LogP contribution in [0.25, 0.3) is 0 Å². The molecule has 0 bridgehead atoms. The minimum Gasteiger partial charge on any atom is -0.314 e. The maximum atomic E-state index is 4.72. The van der Waals surface area contributed by atoms with E-state index in [2.05, 4.69) is 63.8 Å². The van der Waals surface area contributed by atoms with E-state index in [1.54, 1.807) is 0 Å². The Balaban J connectivity index is 2.71. The topological polar surface area (TPSA) is 29.9 Å². The van der Waals surface area contributed by atoms with Crippen molar-refractivity contribution in [2.45, 2.75) is 66.5 Å². The van der Waals surface area contributed by atoms with E-state index in [1.165, 1.54) is 5.69 Å². The molecule has 1 aromatic heterocycles. The standard InChI is InChI=1S/C16H31N3/c1-7-13(5)19-10-9-15(18-19)11-16(17-8-2)14(6)12(3)4/h9-10,12-14,16-17H,7-8,11H2,1-6H3. The molecule has 3 atom stereocenters. The summed E-state index contributed by atoms with van der Waals surface area (Å²) in [5, 5.41) is 8.34. The lowest BCUT2D eigenvalue weighted by Crippen LogP contribution is -2.39. The van der Waals surface area contributed by atoms with Gasteiger partial charge in [0.05, 0.1) is 5.69 Å². The highest BCUT2D eigenvalue weighted by Gasteiger charge is 2.20.